The number of carbonyl (C=O) groups excluding carboxylic acids is 3. The Labute approximate surface area is 212 Å². The van der Waals surface area contributed by atoms with Gasteiger partial charge in [-0.3, -0.25) is 9.59 Å². The lowest BCUT2D eigenvalue weighted by molar-refractivity contribution is -0.129. The van der Waals surface area contributed by atoms with Crippen molar-refractivity contribution in [2.24, 2.45) is 23.7 Å². The molecule has 2 atom stereocenters. The molecule has 7 nitrogen and oxygen atoms in total. The Balaban J connectivity index is 0.00000512. The number of alkyl carbamates (subject to hydrolysis) is 1. The fourth-order valence-corrected chi connectivity index (χ4v) is 3.75. The van der Waals surface area contributed by atoms with E-state index < -0.39 is 6.09 Å². The van der Waals surface area contributed by atoms with Crippen molar-refractivity contribution in [3.05, 3.63) is 29.8 Å². The molecule has 0 aromatic heterocycles. The largest absolute Gasteiger partial charge is 0.445 e. The maximum atomic E-state index is 13.1. The number of ether oxygens (including phenoxy) is 1. The first-order valence-electron chi connectivity index (χ1n) is 11.3. The van der Waals surface area contributed by atoms with Crippen molar-refractivity contribution in [1.29, 1.82) is 0 Å². The van der Waals surface area contributed by atoms with Gasteiger partial charge in [-0.05, 0) is 61.9 Å². The van der Waals surface area contributed by atoms with Crippen molar-refractivity contribution in [3.8, 4) is 0 Å². The quantitative estimate of drug-likeness (QED) is 0.453. The minimum atomic E-state index is -0.488. The summed E-state index contributed by atoms with van der Waals surface area (Å²) in [6, 6.07) is 7.21. The molecule has 0 unspecified atom stereocenters. The van der Waals surface area contributed by atoms with Crippen molar-refractivity contribution in [2.75, 3.05) is 25.5 Å². The van der Waals surface area contributed by atoms with Gasteiger partial charge in [-0.1, -0.05) is 32.9 Å². The summed E-state index contributed by atoms with van der Waals surface area (Å²) in [5.74, 6) is 0.405. The van der Waals surface area contributed by atoms with Crippen LogP contribution in [0, 0.1) is 23.7 Å². The maximum Gasteiger partial charge on any atom is 0.407 e. The first-order chi connectivity index (χ1) is 14.8. The van der Waals surface area contributed by atoms with E-state index in [9.17, 15) is 14.4 Å². The standard InChI is InChI=1S/C24H37N3O4.2H2S/c1-16(2)17(3)22(28)14-20(13-18-9-11-26-12-10-18)23(29)27-21-7-5-19(6-8-21)15-31-24(30)25-4;;/h5-8,16-18,20,26H,9-15H2,1-4H3,(H,25,30)(H,27,29);2*1H2/t17-,20+;;/m0../s1. The summed E-state index contributed by atoms with van der Waals surface area (Å²) in [5, 5.41) is 8.74. The number of Topliss-reactive ketones (excluding diaryl/α,β-unsaturated/α-hetero) is 1. The molecule has 0 spiro atoms. The van der Waals surface area contributed by atoms with Crippen molar-refractivity contribution >= 4 is 50.5 Å². The number of amides is 2. The van der Waals surface area contributed by atoms with Crippen LogP contribution in [0.4, 0.5) is 10.5 Å². The van der Waals surface area contributed by atoms with Gasteiger partial charge in [-0.15, -0.1) is 0 Å². The Kier molecular flexibility index (Phi) is 15.2. The van der Waals surface area contributed by atoms with Crippen LogP contribution in [0.2, 0.25) is 0 Å². The third-order valence-electron chi connectivity index (χ3n) is 6.20. The molecule has 3 N–H and O–H groups in total. The van der Waals surface area contributed by atoms with Crippen molar-refractivity contribution < 1.29 is 19.1 Å². The van der Waals surface area contributed by atoms with Crippen molar-refractivity contribution in [3.63, 3.8) is 0 Å². The highest BCUT2D eigenvalue weighted by Gasteiger charge is 2.29. The summed E-state index contributed by atoms with van der Waals surface area (Å²) >= 11 is 0. The lowest BCUT2D eigenvalue weighted by Gasteiger charge is -2.27. The van der Waals surface area contributed by atoms with E-state index in [1.807, 2.05) is 32.9 Å². The summed E-state index contributed by atoms with van der Waals surface area (Å²) in [7, 11) is 1.51. The molecule has 1 fully saturated rings. The predicted octanol–water partition coefficient (Wildman–Crippen LogP) is 3.96. The zero-order valence-electron chi connectivity index (χ0n) is 20.2. The van der Waals surface area contributed by atoms with Gasteiger partial charge in [0.15, 0.2) is 0 Å². The SMILES string of the molecule is CNC(=O)OCc1ccc(NC(=O)[C@@H](CC(=O)[C@@H](C)C(C)C)CC2CCNCC2)cc1.S.S. The number of piperidine rings is 1. The Bertz CT molecular complexity index is 738. The number of carbonyl (C=O) groups is 3. The van der Waals surface area contributed by atoms with Crippen molar-refractivity contribution in [2.45, 2.75) is 53.1 Å². The monoisotopic (exact) mass is 499 g/mol. The maximum absolute atomic E-state index is 13.1. The van der Waals surface area contributed by atoms with Gasteiger partial charge >= 0.3 is 6.09 Å². The number of benzene rings is 1. The Morgan fingerprint density at radius 2 is 1.67 bits per heavy atom. The molecule has 0 radical (unpaired) electrons. The summed E-state index contributed by atoms with van der Waals surface area (Å²) < 4.78 is 5.03. The number of rotatable bonds is 10. The fraction of sp³-hybridized carbons (Fsp3) is 0.625. The van der Waals surface area contributed by atoms with Crippen LogP contribution in [0.25, 0.3) is 0 Å². The molecule has 0 saturated carbocycles. The van der Waals surface area contributed by atoms with Crippen LogP contribution in [0.1, 0.15) is 52.0 Å². The molecule has 33 heavy (non-hydrogen) atoms. The fourth-order valence-electron chi connectivity index (χ4n) is 3.75. The molecule has 0 aliphatic carbocycles. The van der Waals surface area contributed by atoms with E-state index in [0.717, 1.165) is 37.9 Å². The van der Waals surface area contributed by atoms with Crippen LogP contribution in [0.3, 0.4) is 0 Å². The molecule has 1 heterocycles. The Morgan fingerprint density at radius 3 is 2.21 bits per heavy atom. The Morgan fingerprint density at radius 1 is 1.06 bits per heavy atom. The normalized spacial score (nSPS) is 15.4. The van der Waals surface area contributed by atoms with Gasteiger partial charge < -0.3 is 20.7 Å². The second kappa shape index (κ2) is 16.0. The average molecular weight is 500 g/mol. The smallest absolute Gasteiger partial charge is 0.407 e. The lowest BCUT2D eigenvalue weighted by atomic mass is 9.81. The zero-order valence-corrected chi connectivity index (χ0v) is 22.2. The molecule has 1 saturated heterocycles. The van der Waals surface area contributed by atoms with E-state index in [4.69, 9.17) is 4.74 Å². The first-order valence-corrected chi connectivity index (χ1v) is 11.3. The molecular weight excluding hydrogens is 458 g/mol. The van der Waals surface area contributed by atoms with Crippen LogP contribution in [-0.2, 0) is 20.9 Å². The first kappa shape index (κ1) is 31.3. The van der Waals surface area contributed by atoms with E-state index >= 15 is 0 Å². The molecule has 1 aliphatic rings. The third-order valence-corrected chi connectivity index (χ3v) is 6.20. The lowest BCUT2D eigenvalue weighted by Crippen LogP contribution is -2.33. The van der Waals surface area contributed by atoms with Gasteiger partial charge in [0.2, 0.25) is 5.91 Å². The van der Waals surface area contributed by atoms with Crippen LogP contribution < -0.4 is 16.0 Å². The number of hydrogen-bond donors (Lipinski definition) is 3. The molecule has 188 valence electrons. The second-order valence-electron chi connectivity index (χ2n) is 8.84. The van der Waals surface area contributed by atoms with Gasteiger partial charge in [-0.25, -0.2) is 4.79 Å². The minimum absolute atomic E-state index is 0. The third kappa shape index (κ3) is 10.8. The minimum Gasteiger partial charge on any atom is -0.445 e. The second-order valence-corrected chi connectivity index (χ2v) is 8.84. The van der Waals surface area contributed by atoms with Gasteiger partial charge in [0.05, 0.1) is 0 Å². The van der Waals surface area contributed by atoms with Gasteiger partial charge in [-0.2, -0.15) is 27.0 Å². The number of anilines is 1. The molecule has 9 heteroatoms. The summed E-state index contributed by atoms with van der Waals surface area (Å²) in [6.07, 6.45) is 2.61. The van der Waals surface area contributed by atoms with Gasteiger partial charge in [0.1, 0.15) is 12.4 Å². The molecule has 1 aromatic rings. The summed E-state index contributed by atoms with van der Waals surface area (Å²) in [4.78, 5) is 37.0. The molecular formula is C24H41N3O4S2. The highest BCUT2D eigenvalue weighted by molar-refractivity contribution is 7.59. The zero-order chi connectivity index (χ0) is 22.8. The molecule has 2 amide bonds. The van der Waals surface area contributed by atoms with Crippen molar-refractivity contribution in [1.82, 2.24) is 10.6 Å². The summed E-state index contributed by atoms with van der Waals surface area (Å²) in [6.45, 7) is 8.13. The van der Waals surface area contributed by atoms with Crippen LogP contribution >= 0.6 is 27.0 Å². The van der Waals surface area contributed by atoms with E-state index in [1.165, 1.54) is 7.05 Å². The predicted molar refractivity (Wildman–Crippen MR) is 142 cm³/mol. The van der Waals surface area contributed by atoms with E-state index in [0.29, 0.717) is 11.6 Å². The van der Waals surface area contributed by atoms with Gasteiger partial charge in [0, 0.05) is 31.0 Å². The number of hydrogen-bond acceptors (Lipinski definition) is 5. The highest BCUT2D eigenvalue weighted by Crippen LogP contribution is 2.27. The van der Waals surface area contributed by atoms with E-state index in [2.05, 4.69) is 16.0 Å². The highest BCUT2D eigenvalue weighted by atomic mass is 32.1. The average Bonchev–Trinajstić information content (AvgIpc) is 2.77. The molecule has 2 rings (SSSR count). The summed E-state index contributed by atoms with van der Waals surface area (Å²) in [5.41, 5.74) is 1.50. The van der Waals surface area contributed by atoms with E-state index in [-0.39, 0.29) is 69.5 Å². The number of ketones is 1. The van der Waals surface area contributed by atoms with Crippen LogP contribution in [0.15, 0.2) is 24.3 Å². The number of nitrogens with one attached hydrogen (secondary N) is 3. The molecule has 1 aliphatic heterocycles. The van der Waals surface area contributed by atoms with E-state index in [1.54, 1.807) is 12.1 Å². The molecule has 1 aromatic carbocycles. The topological polar surface area (TPSA) is 96.5 Å². The van der Waals surface area contributed by atoms with Crippen LogP contribution in [-0.4, -0.2) is 37.9 Å². The molecule has 0 bridgehead atoms. The van der Waals surface area contributed by atoms with Gasteiger partial charge in [0.25, 0.3) is 0 Å². The van der Waals surface area contributed by atoms with Crippen LogP contribution in [0.5, 0.6) is 0 Å². The Hall–Kier alpha value is -1.71.